The molecule has 108 valence electrons. The quantitative estimate of drug-likeness (QED) is 0.568. The number of rotatable bonds is 7. The molecule has 3 atom stereocenters. The van der Waals surface area contributed by atoms with E-state index in [0.29, 0.717) is 12.3 Å². The van der Waals surface area contributed by atoms with Gasteiger partial charge >= 0.3 is 5.97 Å². The number of methoxy groups -OCH3 is 1. The van der Waals surface area contributed by atoms with E-state index in [1.807, 2.05) is 0 Å². The molecular formula is C15H25NO3. The maximum Gasteiger partial charge on any atom is 0.305 e. The summed E-state index contributed by atoms with van der Waals surface area (Å²) in [5.74, 6) is 1.88. The molecule has 4 nitrogen and oxygen atoms in total. The highest BCUT2D eigenvalue weighted by Gasteiger charge is 2.42. The molecule has 1 N–H and O–H groups in total. The summed E-state index contributed by atoms with van der Waals surface area (Å²) >= 11 is 0. The van der Waals surface area contributed by atoms with E-state index in [9.17, 15) is 9.59 Å². The van der Waals surface area contributed by atoms with Gasteiger partial charge < -0.3 is 10.1 Å². The molecule has 4 heteroatoms. The number of unbranched alkanes of at least 4 members (excludes halogenated alkanes) is 2. The summed E-state index contributed by atoms with van der Waals surface area (Å²) in [7, 11) is 1.41. The lowest BCUT2D eigenvalue weighted by atomic mass is 9.88. The Bertz CT molecular complexity index is 329. The Balaban J connectivity index is 1.51. The van der Waals surface area contributed by atoms with Crippen LogP contribution in [0.15, 0.2) is 0 Å². The van der Waals surface area contributed by atoms with E-state index < -0.39 is 0 Å². The maximum atomic E-state index is 12.0. The van der Waals surface area contributed by atoms with Crippen LogP contribution in [0, 0.1) is 17.8 Å². The maximum absolute atomic E-state index is 12.0. The van der Waals surface area contributed by atoms with Crippen LogP contribution >= 0.6 is 0 Å². The predicted octanol–water partition coefficient (Wildman–Crippen LogP) is 2.27. The molecule has 2 bridgehead atoms. The fraction of sp³-hybridized carbons (Fsp3) is 0.867. The minimum absolute atomic E-state index is 0.147. The van der Waals surface area contributed by atoms with E-state index in [4.69, 9.17) is 0 Å². The molecule has 2 aliphatic rings. The van der Waals surface area contributed by atoms with Gasteiger partial charge in [0, 0.05) is 18.9 Å². The highest BCUT2D eigenvalue weighted by molar-refractivity contribution is 5.79. The van der Waals surface area contributed by atoms with E-state index >= 15 is 0 Å². The lowest BCUT2D eigenvalue weighted by Gasteiger charge is -2.20. The first kappa shape index (κ1) is 14.4. The lowest BCUT2D eigenvalue weighted by molar-refractivity contribution is -0.140. The molecule has 0 saturated heterocycles. The Morgan fingerprint density at radius 3 is 2.63 bits per heavy atom. The number of nitrogens with one attached hydrogen (secondary N) is 1. The monoisotopic (exact) mass is 267 g/mol. The van der Waals surface area contributed by atoms with Crippen molar-refractivity contribution in [2.75, 3.05) is 13.7 Å². The highest BCUT2D eigenvalue weighted by atomic mass is 16.5. The van der Waals surface area contributed by atoms with E-state index in [2.05, 4.69) is 10.1 Å². The van der Waals surface area contributed by atoms with Crippen molar-refractivity contribution < 1.29 is 14.3 Å². The molecule has 2 rings (SSSR count). The Hall–Kier alpha value is -1.06. The van der Waals surface area contributed by atoms with Crippen LogP contribution < -0.4 is 5.32 Å². The summed E-state index contributed by atoms with van der Waals surface area (Å²) in [6, 6.07) is 0. The van der Waals surface area contributed by atoms with Crippen LogP contribution in [0.2, 0.25) is 0 Å². The molecule has 19 heavy (non-hydrogen) atoms. The van der Waals surface area contributed by atoms with Crippen LogP contribution in [0.25, 0.3) is 0 Å². The van der Waals surface area contributed by atoms with E-state index in [-0.39, 0.29) is 17.8 Å². The summed E-state index contributed by atoms with van der Waals surface area (Å²) in [6.07, 6.45) is 8.21. The second kappa shape index (κ2) is 6.92. The molecule has 0 spiro atoms. The third kappa shape index (κ3) is 3.95. The predicted molar refractivity (Wildman–Crippen MR) is 72.4 cm³/mol. The molecule has 0 radical (unpaired) electrons. The largest absolute Gasteiger partial charge is 0.469 e. The second-order valence-electron chi connectivity index (χ2n) is 5.96. The molecule has 0 aromatic heterocycles. The molecule has 2 aliphatic carbocycles. The van der Waals surface area contributed by atoms with Gasteiger partial charge in [-0.3, -0.25) is 9.59 Å². The number of carbonyl (C=O) groups is 2. The Kier molecular flexibility index (Phi) is 5.23. The van der Waals surface area contributed by atoms with Gasteiger partial charge in [0.25, 0.3) is 0 Å². The zero-order valence-electron chi connectivity index (χ0n) is 11.8. The summed E-state index contributed by atoms with van der Waals surface area (Å²) in [5.41, 5.74) is 0. The summed E-state index contributed by atoms with van der Waals surface area (Å²) in [4.78, 5) is 22.9. The van der Waals surface area contributed by atoms with Gasteiger partial charge in [0.2, 0.25) is 5.91 Å². The lowest BCUT2D eigenvalue weighted by Crippen LogP contribution is -2.34. The molecule has 0 aromatic carbocycles. The standard InChI is InChI=1S/C15H25NO3/c1-19-14(17)5-3-2-4-8-16-15(18)13-10-11-6-7-12(13)9-11/h11-13H,2-10H2,1H3,(H,16,18). The van der Waals surface area contributed by atoms with Crippen LogP contribution in [-0.4, -0.2) is 25.5 Å². The Labute approximate surface area is 115 Å². The van der Waals surface area contributed by atoms with Crippen molar-refractivity contribution in [3.05, 3.63) is 0 Å². The van der Waals surface area contributed by atoms with E-state index in [1.165, 1.54) is 26.4 Å². The van der Waals surface area contributed by atoms with Gasteiger partial charge in [0.1, 0.15) is 0 Å². The third-order valence-corrected chi connectivity index (χ3v) is 4.66. The Morgan fingerprint density at radius 1 is 1.16 bits per heavy atom. The SMILES string of the molecule is COC(=O)CCCCCNC(=O)C1CC2CCC1C2. The average Bonchev–Trinajstić information content (AvgIpc) is 3.04. The Morgan fingerprint density at radius 2 is 2.00 bits per heavy atom. The second-order valence-corrected chi connectivity index (χ2v) is 5.96. The highest BCUT2D eigenvalue weighted by Crippen LogP contribution is 2.48. The van der Waals surface area contributed by atoms with Crippen molar-refractivity contribution in [3.8, 4) is 0 Å². The van der Waals surface area contributed by atoms with Gasteiger partial charge in [-0.05, 0) is 43.9 Å². The van der Waals surface area contributed by atoms with Crippen LogP contribution in [-0.2, 0) is 14.3 Å². The van der Waals surface area contributed by atoms with Gasteiger partial charge in [0.15, 0.2) is 0 Å². The minimum atomic E-state index is -0.147. The van der Waals surface area contributed by atoms with Gasteiger partial charge in [-0.15, -0.1) is 0 Å². The molecule has 0 aromatic rings. The zero-order valence-corrected chi connectivity index (χ0v) is 11.8. The van der Waals surface area contributed by atoms with Gasteiger partial charge in [0.05, 0.1) is 7.11 Å². The average molecular weight is 267 g/mol. The van der Waals surface area contributed by atoms with Crippen molar-refractivity contribution in [1.82, 2.24) is 5.32 Å². The molecule has 1 amide bonds. The van der Waals surface area contributed by atoms with Crippen molar-refractivity contribution in [2.24, 2.45) is 17.8 Å². The molecular weight excluding hydrogens is 242 g/mol. The van der Waals surface area contributed by atoms with Crippen LogP contribution in [0.5, 0.6) is 0 Å². The van der Waals surface area contributed by atoms with Crippen LogP contribution in [0.3, 0.4) is 0 Å². The molecule has 2 saturated carbocycles. The number of esters is 1. The molecule has 2 fully saturated rings. The molecule has 3 unspecified atom stereocenters. The molecule has 0 heterocycles. The third-order valence-electron chi connectivity index (χ3n) is 4.66. The van der Waals surface area contributed by atoms with Crippen molar-refractivity contribution in [3.63, 3.8) is 0 Å². The number of carbonyl (C=O) groups excluding carboxylic acids is 2. The van der Waals surface area contributed by atoms with Crippen molar-refractivity contribution in [2.45, 2.75) is 51.4 Å². The number of hydrogen-bond acceptors (Lipinski definition) is 3. The first-order chi connectivity index (χ1) is 9.20. The fourth-order valence-electron chi connectivity index (χ4n) is 3.58. The van der Waals surface area contributed by atoms with E-state index in [0.717, 1.165) is 38.1 Å². The van der Waals surface area contributed by atoms with Crippen molar-refractivity contribution >= 4 is 11.9 Å². The normalized spacial score (nSPS) is 28.4. The van der Waals surface area contributed by atoms with Crippen LogP contribution in [0.1, 0.15) is 51.4 Å². The number of hydrogen-bond donors (Lipinski definition) is 1. The van der Waals surface area contributed by atoms with Gasteiger partial charge in [-0.2, -0.15) is 0 Å². The van der Waals surface area contributed by atoms with E-state index in [1.54, 1.807) is 0 Å². The molecule has 0 aliphatic heterocycles. The topological polar surface area (TPSA) is 55.4 Å². The summed E-state index contributed by atoms with van der Waals surface area (Å²) < 4.78 is 4.58. The van der Waals surface area contributed by atoms with Crippen molar-refractivity contribution in [1.29, 1.82) is 0 Å². The first-order valence-corrected chi connectivity index (χ1v) is 7.55. The fourth-order valence-corrected chi connectivity index (χ4v) is 3.58. The summed E-state index contributed by atoms with van der Waals surface area (Å²) in [6.45, 7) is 0.744. The smallest absolute Gasteiger partial charge is 0.305 e. The minimum Gasteiger partial charge on any atom is -0.469 e. The zero-order chi connectivity index (χ0) is 13.7. The van der Waals surface area contributed by atoms with Gasteiger partial charge in [-0.25, -0.2) is 0 Å². The number of amides is 1. The first-order valence-electron chi connectivity index (χ1n) is 7.55. The summed E-state index contributed by atoms with van der Waals surface area (Å²) in [5, 5.41) is 3.06. The number of ether oxygens (including phenoxy) is 1. The number of fused-ring (bicyclic) bond motifs is 2. The van der Waals surface area contributed by atoms with Gasteiger partial charge in [-0.1, -0.05) is 12.8 Å². The van der Waals surface area contributed by atoms with Crippen LogP contribution in [0.4, 0.5) is 0 Å².